The van der Waals surface area contributed by atoms with Crippen molar-refractivity contribution >= 4 is 10.8 Å². The number of rotatable bonds is 7. The standard InChI is InChI=1S/C20H21NO3/c1-2-14-23-19-11-6-12-21(20(19)22)13-15-24-18-10-5-8-16-7-3-4-9-17(16)18/h3-12H,2,13-15H2,1H3. The Hall–Kier alpha value is -2.75. The van der Waals surface area contributed by atoms with Crippen LogP contribution in [-0.2, 0) is 6.54 Å². The maximum absolute atomic E-state index is 12.3. The lowest BCUT2D eigenvalue weighted by Gasteiger charge is -2.11. The molecule has 0 radical (unpaired) electrons. The molecule has 0 fully saturated rings. The number of benzene rings is 2. The van der Waals surface area contributed by atoms with Crippen LogP contribution in [0.1, 0.15) is 13.3 Å². The first-order valence-electron chi connectivity index (χ1n) is 8.22. The minimum absolute atomic E-state index is 0.118. The van der Waals surface area contributed by atoms with Crippen LogP contribution in [0.5, 0.6) is 11.5 Å². The van der Waals surface area contributed by atoms with E-state index in [1.54, 1.807) is 16.8 Å². The molecule has 124 valence electrons. The van der Waals surface area contributed by atoms with Gasteiger partial charge in [0.2, 0.25) is 0 Å². The van der Waals surface area contributed by atoms with Gasteiger partial charge >= 0.3 is 0 Å². The van der Waals surface area contributed by atoms with Gasteiger partial charge in [0, 0.05) is 11.6 Å². The molecule has 0 aliphatic carbocycles. The number of fused-ring (bicyclic) bond motifs is 1. The number of ether oxygens (including phenoxy) is 2. The molecule has 0 unspecified atom stereocenters. The van der Waals surface area contributed by atoms with Crippen molar-refractivity contribution in [3.8, 4) is 11.5 Å². The van der Waals surface area contributed by atoms with E-state index in [0.29, 0.717) is 25.5 Å². The number of hydrogen-bond donors (Lipinski definition) is 0. The van der Waals surface area contributed by atoms with Crippen molar-refractivity contribution in [1.29, 1.82) is 0 Å². The smallest absolute Gasteiger partial charge is 0.292 e. The van der Waals surface area contributed by atoms with Crippen LogP contribution >= 0.6 is 0 Å². The normalized spacial score (nSPS) is 10.7. The summed E-state index contributed by atoms with van der Waals surface area (Å²) in [6.45, 7) is 3.46. The summed E-state index contributed by atoms with van der Waals surface area (Å²) in [5.74, 6) is 1.23. The zero-order valence-corrected chi connectivity index (χ0v) is 13.8. The maximum Gasteiger partial charge on any atom is 0.292 e. The van der Waals surface area contributed by atoms with Crippen molar-refractivity contribution in [3.63, 3.8) is 0 Å². The average Bonchev–Trinajstić information content (AvgIpc) is 2.62. The van der Waals surface area contributed by atoms with E-state index < -0.39 is 0 Å². The summed E-state index contributed by atoms with van der Waals surface area (Å²) in [5, 5.41) is 2.22. The van der Waals surface area contributed by atoms with E-state index in [0.717, 1.165) is 22.9 Å². The lowest BCUT2D eigenvalue weighted by Crippen LogP contribution is -2.24. The highest BCUT2D eigenvalue weighted by molar-refractivity contribution is 5.88. The number of hydrogen-bond acceptors (Lipinski definition) is 3. The van der Waals surface area contributed by atoms with E-state index in [1.165, 1.54) is 0 Å². The third kappa shape index (κ3) is 3.59. The molecule has 4 nitrogen and oxygen atoms in total. The third-order valence-corrected chi connectivity index (χ3v) is 3.79. The number of aromatic nitrogens is 1. The second kappa shape index (κ2) is 7.68. The van der Waals surface area contributed by atoms with Crippen molar-refractivity contribution in [1.82, 2.24) is 4.57 Å². The molecular weight excluding hydrogens is 302 g/mol. The van der Waals surface area contributed by atoms with E-state index in [1.807, 2.05) is 43.3 Å². The summed E-state index contributed by atoms with van der Waals surface area (Å²) in [6.07, 6.45) is 2.63. The lowest BCUT2D eigenvalue weighted by molar-refractivity contribution is 0.290. The van der Waals surface area contributed by atoms with Gasteiger partial charge in [-0.3, -0.25) is 4.79 Å². The Morgan fingerprint density at radius 2 is 1.62 bits per heavy atom. The van der Waals surface area contributed by atoms with Crippen LogP contribution in [0.3, 0.4) is 0 Å². The predicted octanol–water partition coefficient (Wildman–Crippen LogP) is 3.87. The van der Waals surface area contributed by atoms with Gasteiger partial charge in [-0.2, -0.15) is 0 Å². The monoisotopic (exact) mass is 323 g/mol. The van der Waals surface area contributed by atoms with Gasteiger partial charge in [-0.05, 0) is 30.0 Å². The molecule has 0 spiro atoms. The lowest BCUT2D eigenvalue weighted by atomic mass is 10.1. The van der Waals surface area contributed by atoms with Crippen molar-refractivity contribution in [2.24, 2.45) is 0 Å². The topological polar surface area (TPSA) is 40.5 Å². The first kappa shape index (κ1) is 16.1. The molecule has 3 aromatic rings. The molecule has 0 saturated carbocycles. The first-order valence-corrected chi connectivity index (χ1v) is 8.22. The summed E-state index contributed by atoms with van der Waals surface area (Å²) in [6, 6.07) is 17.6. The molecule has 0 aliphatic rings. The summed E-state index contributed by atoms with van der Waals surface area (Å²) >= 11 is 0. The van der Waals surface area contributed by atoms with Gasteiger partial charge in [-0.25, -0.2) is 0 Å². The SMILES string of the molecule is CCCOc1cccn(CCOc2cccc3ccccc23)c1=O. The Kier molecular flexibility index (Phi) is 5.16. The fraction of sp³-hybridized carbons (Fsp3) is 0.250. The first-order chi connectivity index (χ1) is 11.8. The fourth-order valence-electron chi connectivity index (χ4n) is 2.59. The molecule has 1 heterocycles. The molecule has 2 aromatic carbocycles. The number of nitrogens with zero attached hydrogens (tertiary/aromatic N) is 1. The minimum Gasteiger partial charge on any atom is -0.491 e. The molecular formula is C20H21NO3. The summed E-state index contributed by atoms with van der Waals surface area (Å²) in [7, 11) is 0. The van der Waals surface area contributed by atoms with Crippen molar-refractivity contribution in [3.05, 3.63) is 71.1 Å². The second-order valence-corrected chi connectivity index (χ2v) is 5.55. The Morgan fingerprint density at radius 1 is 0.875 bits per heavy atom. The van der Waals surface area contributed by atoms with Gasteiger partial charge in [0.25, 0.3) is 5.56 Å². The van der Waals surface area contributed by atoms with E-state index in [9.17, 15) is 4.79 Å². The molecule has 0 N–H and O–H groups in total. The molecule has 0 amide bonds. The largest absolute Gasteiger partial charge is 0.491 e. The summed E-state index contributed by atoms with van der Waals surface area (Å²) in [4.78, 5) is 12.3. The van der Waals surface area contributed by atoms with Gasteiger partial charge < -0.3 is 14.0 Å². The van der Waals surface area contributed by atoms with Crippen LogP contribution in [0.2, 0.25) is 0 Å². The molecule has 0 bridgehead atoms. The van der Waals surface area contributed by atoms with Crippen LogP contribution in [0.25, 0.3) is 10.8 Å². The van der Waals surface area contributed by atoms with Gasteiger partial charge in [0.05, 0.1) is 13.2 Å². The van der Waals surface area contributed by atoms with E-state index in [-0.39, 0.29) is 5.56 Å². The molecule has 0 saturated heterocycles. The minimum atomic E-state index is -0.118. The highest BCUT2D eigenvalue weighted by Crippen LogP contribution is 2.24. The zero-order valence-electron chi connectivity index (χ0n) is 13.8. The Morgan fingerprint density at radius 3 is 2.50 bits per heavy atom. The van der Waals surface area contributed by atoms with Crippen LogP contribution in [0.15, 0.2) is 65.6 Å². The predicted molar refractivity (Wildman–Crippen MR) is 95.9 cm³/mol. The van der Waals surface area contributed by atoms with E-state index in [4.69, 9.17) is 9.47 Å². The highest BCUT2D eigenvalue weighted by Gasteiger charge is 2.05. The molecule has 24 heavy (non-hydrogen) atoms. The second-order valence-electron chi connectivity index (χ2n) is 5.55. The Balaban J connectivity index is 1.69. The molecule has 1 aromatic heterocycles. The quantitative estimate of drug-likeness (QED) is 0.663. The third-order valence-electron chi connectivity index (χ3n) is 3.79. The zero-order chi connectivity index (χ0) is 16.8. The summed E-state index contributed by atoms with van der Waals surface area (Å²) < 4.78 is 13.0. The maximum atomic E-state index is 12.3. The average molecular weight is 323 g/mol. The fourth-order valence-corrected chi connectivity index (χ4v) is 2.59. The van der Waals surface area contributed by atoms with Gasteiger partial charge in [-0.1, -0.05) is 43.3 Å². The van der Waals surface area contributed by atoms with Crippen molar-refractivity contribution < 1.29 is 9.47 Å². The molecule has 0 atom stereocenters. The molecule has 3 rings (SSSR count). The Bertz CT molecular complexity index is 865. The van der Waals surface area contributed by atoms with Gasteiger partial charge in [0.15, 0.2) is 5.75 Å². The molecule has 0 aliphatic heterocycles. The van der Waals surface area contributed by atoms with Crippen LogP contribution in [-0.4, -0.2) is 17.8 Å². The Labute approximate surface area is 141 Å². The van der Waals surface area contributed by atoms with Crippen molar-refractivity contribution in [2.45, 2.75) is 19.9 Å². The van der Waals surface area contributed by atoms with Crippen LogP contribution < -0.4 is 15.0 Å². The van der Waals surface area contributed by atoms with Crippen molar-refractivity contribution in [2.75, 3.05) is 13.2 Å². The van der Waals surface area contributed by atoms with Gasteiger partial charge in [0.1, 0.15) is 12.4 Å². The van der Waals surface area contributed by atoms with E-state index >= 15 is 0 Å². The van der Waals surface area contributed by atoms with Gasteiger partial charge in [-0.15, -0.1) is 0 Å². The van der Waals surface area contributed by atoms with Crippen LogP contribution in [0, 0.1) is 0 Å². The van der Waals surface area contributed by atoms with Crippen LogP contribution in [0.4, 0.5) is 0 Å². The molecule has 4 heteroatoms. The number of pyridine rings is 1. The van der Waals surface area contributed by atoms with E-state index in [2.05, 4.69) is 12.1 Å². The summed E-state index contributed by atoms with van der Waals surface area (Å²) in [5.41, 5.74) is -0.118. The highest BCUT2D eigenvalue weighted by atomic mass is 16.5.